The molecule has 3 rings (SSSR count). The molecule has 1 aliphatic heterocycles. The van der Waals surface area contributed by atoms with Crippen molar-refractivity contribution in [1.82, 2.24) is 0 Å². The molecule has 0 aliphatic carbocycles. The quantitative estimate of drug-likeness (QED) is 0.775. The van der Waals surface area contributed by atoms with Gasteiger partial charge in [0.05, 0.1) is 0 Å². The maximum atomic E-state index is 12.3. The second-order valence-electron chi connectivity index (χ2n) is 6.60. The maximum Gasteiger partial charge on any atom is 0.344 e. The van der Waals surface area contributed by atoms with Gasteiger partial charge in [-0.15, -0.1) is 0 Å². The molecular formula is C21H23NO4. The number of carbonyl (C=O) groups excluding carboxylic acids is 2. The number of nitrogens with zero attached hydrogens (tertiary/aromatic N) is 1. The minimum Gasteiger partial charge on any atom is -0.481 e. The zero-order chi connectivity index (χ0) is 18.7. The summed E-state index contributed by atoms with van der Waals surface area (Å²) in [4.78, 5) is 26.0. The van der Waals surface area contributed by atoms with Crippen molar-refractivity contribution in [3.63, 3.8) is 0 Å². The van der Waals surface area contributed by atoms with Crippen LogP contribution in [-0.2, 0) is 20.7 Å². The van der Waals surface area contributed by atoms with Crippen molar-refractivity contribution < 1.29 is 19.1 Å². The van der Waals surface area contributed by atoms with Crippen molar-refractivity contribution in [2.24, 2.45) is 0 Å². The Labute approximate surface area is 153 Å². The van der Waals surface area contributed by atoms with Gasteiger partial charge in [0.1, 0.15) is 5.75 Å². The molecule has 0 atom stereocenters. The molecule has 26 heavy (non-hydrogen) atoms. The summed E-state index contributed by atoms with van der Waals surface area (Å²) < 4.78 is 10.7. The SMILES string of the molecule is Cc1cc(C)c(OCC(=O)OCC(=O)N2CCc3ccccc32)c(C)c1. The fourth-order valence-electron chi connectivity index (χ4n) is 3.38. The number of para-hydroxylation sites is 1. The highest BCUT2D eigenvalue weighted by atomic mass is 16.6. The Hall–Kier alpha value is -2.82. The van der Waals surface area contributed by atoms with E-state index < -0.39 is 5.97 Å². The number of fused-ring (bicyclic) bond motifs is 1. The largest absolute Gasteiger partial charge is 0.481 e. The lowest BCUT2D eigenvalue weighted by Gasteiger charge is -2.17. The second-order valence-corrected chi connectivity index (χ2v) is 6.60. The van der Waals surface area contributed by atoms with Gasteiger partial charge in [-0.05, 0) is 49.9 Å². The number of amides is 1. The van der Waals surface area contributed by atoms with Crippen LogP contribution >= 0.6 is 0 Å². The van der Waals surface area contributed by atoms with E-state index in [1.165, 1.54) is 0 Å². The molecule has 1 aliphatic rings. The topological polar surface area (TPSA) is 55.8 Å². The Morgan fingerprint density at radius 3 is 2.46 bits per heavy atom. The molecule has 136 valence electrons. The number of esters is 1. The molecule has 0 fully saturated rings. The first-order valence-corrected chi connectivity index (χ1v) is 8.70. The van der Waals surface area contributed by atoms with E-state index in [0.29, 0.717) is 12.3 Å². The number of anilines is 1. The predicted molar refractivity (Wildman–Crippen MR) is 99.6 cm³/mol. The van der Waals surface area contributed by atoms with Gasteiger partial charge in [0.2, 0.25) is 0 Å². The van der Waals surface area contributed by atoms with Gasteiger partial charge in [0, 0.05) is 12.2 Å². The summed E-state index contributed by atoms with van der Waals surface area (Å²) >= 11 is 0. The third-order valence-electron chi connectivity index (χ3n) is 4.48. The highest BCUT2D eigenvalue weighted by Crippen LogP contribution is 2.27. The monoisotopic (exact) mass is 353 g/mol. The minimum absolute atomic E-state index is 0.214. The summed E-state index contributed by atoms with van der Waals surface area (Å²) in [6, 6.07) is 11.8. The third-order valence-corrected chi connectivity index (χ3v) is 4.48. The summed E-state index contributed by atoms with van der Waals surface area (Å²) in [5, 5.41) is 0. The van der Waals surface area contributed by atoms with Gasteiger partial charge in [-0.25, -0.2) is 4.79 Å². The summed E-state index contributed by atoms with van der Waals surface area (Å²) in [6.45, 7) is 6.02. The zero-order valence-electron chi connectivity index (χ0n) is 15.4. The normalized spacial score (nSPS) is 12.7. The molecule has 1 amide bonds. The molecule has 0 radical (unpaired) electrons. The van der Waals surface area contributed by atoms with Crippen LogP contribution in [0.1, 0.15) is 22.3 Å². The van der Waals surface area contributed by atoms with Crippen molar-refractivity contribution in [3.05, 3.63) is 58.7 Å². The smallest absolute Gasteiger partial charge is 0.344 e. The molecule has 0 saturated heterocycles. The van der Waals surface area contributed by atoms with E-state index in [1.54, 1.807) is 4.90 Å². The molecule has 5 heteroatoms. The Balaban J connectivity index is 1.51. The Kier molecular flexibility index (Phi) is 5.26. The standard InChI is InChI=1S/C21H23NO4/c1-14-10-15(2)21(16(3)11-14)26-13-20(24)25-12-19(23)22-9-8-17-6-4-5-7-18(17)22/h4-7,10-11H,8-9,12-13H2,1-3H3. The van der Waals surface area contributed by atoms with Crippen LogP contribution in [0.4, 0.5) is 5.69 Å². The first kappa shape index (κ1) is 18.0. The van der Waals surface area contributed by atoms with E-state index in [1.807, 2.05) is 57.2 Å². The van der Waals surface area contributed by atoms with E-state index in [0.717, 1.165) is 34.4 Å². The average Bonchev–Trinajstić information content (AvgIpc) is 3.03. The fraction of sp³-hybridized carbons (Fsp3) is 0.333. The zero-order valence-corrected chi connectivity index (χ0v) is 15.4. The van der Waals surface area contributed by atoms with Crippen molar-refractivity contribution in [1.29, 1.82) is 0 Å². The van der Waals surface area contributed by atoms with Crippen LogP contribution in [0, 0.1) is 20.8 Å². The molecular weight excluding hydrogens is 330 g/mol. The van der Waals surface area contributed by atoms with Gasteiger partial charge in [0.25, 0.3) is 5.91 Å². The molecule has 0 unspecified atom stereocenters. The number of hydrogen-bond acceptors (Lipinski definition) is 4. The van der Waals surface area contributed by atoms with Crippen LogP contribution in [0.3, 0.4) is 0 Å². The van der Waals surface area contributed by atoms with Gasteiger partial charge >= 0.3 is 5.97 Å². The van der Waals surface area contributed by atoms with Crippen molar-refractivity contribution in [2.75, 3.05) is 24.7 Å². The first-order chi connectivity index (χ1) is 12.5. The molecule has 5 nitrogen and oxygen atoms in total. The highest BCUT2D eigenvalue weighted by molar-refractivity contribution is 5.97. The lowest BCUT2D eigenvalue weighted by molar-refractivity contribution is -0.149. The van der Waals surface area contributed by atoms with Gasteiger partial charge in [-0.2, -0.15) is 0 Å². The molecule has 0 N–H and O–H groups in total. The van der Waals surface area contributed by atoms with Crippen LogP contribution in [0.25, 0.3) is 0 Å². The Morgan fingerprint density at radius 1 is 1.04 bits per heavy atom. The van der Waals surface area contributed by atoms with Crippen molar-refractivity contribution in [2.45, 2.75) is 27.2 Å². The third kappa shape index (κ3) is 3.87. The molecule has 0 saturated carbocycles. The summed E-state index contributed by atoms with van der Waals surface area (Å²) in [7, 11) is 0. The maximum absolute atomic E-state index is 12.3. The summed E-state index contributed by atoms with van der Waals surface area (Å²) in [6.07, 6.45) is 0.824. The van der Waals surface area contributed by atoms with Crippen LogP contribution in [0.2, 0.25) is 0 Å². The van der Waals surface area contributed by atoms with Gasteiger partial charge in [-0.3, -0.25) is 4.79 Å². The fourth-order valence-corrected chi connectivity index (χ4v) is 3.38. The first-order valence-electron chi connectivity index (χ1n) is 8.70. The van der Waals surface area contributed by atoms with Crippen LogP contribution < -0.4 is 9.64 Å². The van der Waals surface area contributed by atoms with E-state index in [9.17, 15) is 9.59 Å². The van der Waals surface area contributed by atoms with Gasteiger partial charge < -0.3 is 14.4 Å². The minimum atomic E-state index is -0.551. The van der Waals surface area contributed by atoms with Crippen molar-refractivity contribution in [3.8, 4) is 5.75 Å². The molecule has 1 heterocycles. The van der Waals surface area contributed by atoms with Crippen molar-refractivity contribution >= 4 is 17.6 Å². The Morgan fingerprint density at radius 2 is 1.73 bits per heavy atom. The van der Waals surface area contributed by atoms with Crippen LogP contribution in [-0.4, -0.2) is 31.6 Å². The number of carbonyl (C=O) groups is 2. The lowest BCUT2D eigenvalue weighted by Crippen LogP contribution is -2.33. The second kappa shape index (κ2) is 7.60. The summed E-state index contributed by atoms with van der Waals surface area (Å²) in [5.74, 6) is -0.0800. The number of rotatable bonds is 5. The van der Waals surface area contributed by atoms with Crippen LogP contribution in [0.5, 0.6) is 5.75 Å². The number of aryl methyl sites for hydroxylation is 3. The molecule has 0 bridgehead atoms. The molecule has 0 spiro atoms. The predicted octanol–water partition coefficient (Wildman–Crippen LogP) is 3.12. The highest BCUT2D eigenvalue weighted by Gasteiger charge is 2.24. The van der Waals surface area contributed by atoms with E-state index in [4.69, 9.17) is 9.47 Å². The van der Waals surface area contributed by atoms with E-state index in [-0.39, 0.29) is 19.1 Å². The van der Waals surface area contributed by atoms with Gasteiger partial charge in [-0.1, -0.05) is 35.9 Å². The van der Waals surface area contributed by atoms with Gasteiger partial charge in [0.15, 0.2) is 13.2 Å². The molecule has 0 aromatic heterocycles. The Bertz CT molecular complexity index is 821. The number of hydrogen-bond donors (Lipinski definition) is 0. The number of ether oxygens (including phenoxy) is 2. The van der Waals surface area contributed by atoms with E-state index in [2.05, 4.69) is 0 Å². The van der Waals surface area contributed by atoms with Crippen LogP contribution in [0.15, 0.2) is 36.4 Å². The lowest BCUT2D eigenvalue weighted by atomic mass is 10.1. The summed E-state index contributed by atoms with van der Waals surface area (Å²) in [5.41, 5.74) is 5.13. The molecule has 2 aromatic rings. The molecule has 2 aromatic carbocycles. The average molecular weight is 353 g/mol. The van der Waals surface area contributed by atoms with E-state index >= 15 is 0 Å². The number of benzene rings is 2.